The molecule has 1 aliphatic heterocycles. The minimum absolute atomic E-state index is 0.0906. The molecule has 6 rings (SSSR count). The smallest absolute Gasteiger partial charge is 0.168 e. The molecule has 3 N–H and O–H groups in total. The summed E-state index contributed by atoms with van der Waals surface area (Å²) < 4.78 is 13.0. The van der Waals surface area contributed by atoms with Crippen LogP contribution in [0.15, 0.2) is 67.0 Å². The molecule has 2 fully saturated rings. The van der Waals surface area contributed by atoms with Gasteiger partial charge in [0.15, 0.2) is 23.2 Å². The molecule has 2 aliphatic rings. The van der Waals surface area contributed by atoms with Crippen molar-refractivity contribution in [1.29, 1.82) is 0 Å². The molecule has 0 bridgehead atoms. The van der Waals surface area contributed by atoms with Gasteiger partial charge < -0.3 is 25.0 Å². The van der Waals surface area contributed by atoms with Crippen molar-refractivity contribution in [1.82, 2.24) is 24.4 Å². The molecule has 1 aliphatic carbocycles. The number of aromatic nitrogens is 4. The van der Waals surface area contributed by atoms with E-state index in [9.17, 15) is 10.2 Å². The first kappa shape index (κ1) is 29.7. The summed E-state index contributed by atoms with van der Waals surface area (Å²) in [6, 6.07) is 21.4. The third-order valence-electron chi connectivity index (χ3n) is 8.88. The monoisotopic (exact) mass is 586 g/mol. The van der Waals surface area contributed by atoms with Gasteiger partial charge in [0.2, 0.25) is 0 Å². The Bertz CT molecular complexity index is 1420. The van der Waals surface area contributed by atoms with E-state index in [1.165, 1.54) is 43.2 Å². The molecule has 2 aromatic heterocycles. The van der Waals surface area contributed by atoms with Crippen LogP contribution in [0.1, 0.15) is 61.2 Å². The Hall–Kier alpha value is -3.41. The fraction of sp³-hybridized carbons (Fsp3) is 0.485. The summed E-state index contributed by atoms with van der Waals surface area (Å²) in [4.78, 5) is 17.0. The van der Waals surface area contributed by atoms with Gasteiger partial charge in [-0.25, -0.2) is 15.0 Å². The molecule has 0 unspecified atom stereocenters. The quantitative estimate of drug-likeness (QED) is 0.239. The van der Waals surface area contributed by atoms with Crippen LogP contribution in [0.25, 0.3) is 11.2 Å². The molecule has 1 saturated carbocycles. The summed E-state index contributed by atoms with van der Waals surface area (Å²) in [5, 5.41) is 25.2. The number of imidazole rings is 1. The summed E-state index contributed by atoms with van der Waals surface area (Å²) in [7, 11) is 3.69. The summed E-state index contributed by atoms with van der Waals surface area (Å²) in [5.74, 6) is 1.39. The van der Waals surface area contributed by atoms with E-state index >= 15 is 0 Å². The Balaban J connectivity index is 1.35. The van der Waals surface area contributed by atoms with Gasteiger partial charge in [-0.3, -0.25) is 9.47 Å². The predicted molar refractivity (Wildman–Crippen MR) is 165 cm³/mol. The summed E-state index contributed by atoms with van der Waals surface area (Å²) in [5.41, 5.74) is 3.55. The molecule has 4 aromatic rings. The normalized spacial score (nSPS) is 23.0. The van der Waals surface area contributed by atoms with Crippen LogP contribution in [0.2, 0.25) is 0 Å². The van der Waals surface area contributed by atoms with Gasteiger partial charge in [0.1, 0.15) is 24.1 Å². The first-order valence-corrected chi connectivity index (χ1v) is 15.3. The molecule has 1 saturated heterocycles. The molecule has 10 nitrogen and oxygen atoms in total. The van der Waals surface area contributed by atoms with Gasteiger partial charge >= 0.3 is 0 Å². The van der Waals surface area contributed by atoms with Crippen LogP contribution in [-0.2, 0) is 16.0 Å². The highest BCUT2D eigenvalue weighted by Gasteiger charge is 2.44. The number of nitrogens with zero attached hydrogens (tertiary/aromatic N) is 5. The van der Waals surface area contributed by atoms with E-state index in [-0.39, 0.29) is 12.5 Å². The highest BCUT2D eigenvalue weighted by atomic mass is 16.6. The number of aliphatic hydroxyl groups excluding tert-OH is 2. The van der Waals surface area contributed by atoms with Crippen LogP contribution in [-0.4, -0.2) is 86.3 Å². The molecule has 3 heterocycles. The van der Waals surface area contributed by atoms with Crippen molar-refractivity contribution in [3.8, 4) is 0 Å². The van der Waals surface area contributed by atoms with Crippen LogP contribution in [0.5, 0.6) is 0 Å². The molecular weight excluding hydrogens is 544 g/mol. The third kappa shape index (κ3) is 6.44. The van der Waals surface area contributed by atoms with Gasteiger partial charge in [-0.15, -0.1) is 0 Å². The van der Waals surface area contributed by atoms with E-state index in [0.717, 1.165) is 0 Å². The molecule has 4 atom stereocenters. The van der Waals surface area contributed by atoms with Crippen molar-refractivity contribution in [3.63, 3.8) is 0 Å². The van der Waals surface area contributed by atoms with Crippen LogP contribution >= 0.6 is 0 Å². The maximum Gasteiger partial charge on any atom is 0.168 e. The SMILES string of the molecule is COC[C@H]1O[C@@H](n2cnc3c(NCC(c4ccccc4)c4ccccc4)nc(CN(C)C4CCCCC4)nc32)[C@H](O)[C@@H]1O. The van der Waals surface area contributed by atoms with Crippen molar-refractivity contribution >= 4 is 17.0 Å². The Morgan fingerprint density at radius 2 is 1.65 bits per heavy atom. The molecule has 228 valence electrons. The Morgan fingerprint density at radius 3 is 2.30 bits per heavy atom. The van der Waals surface area contributed by atoms with E-state index in [1.54, 1.807) is 18.0 Å². The average molecular weight is 587 g/mol. The van der Waals surface area contributed by atoms with Gasteiger partial charge in [0.25, 0.3) is 0 Å². The average Bonchev–Trinajstić information content (AvgIpc) is 3.59. The molecule has 0 spiro atoms. The second-order valence-corrected chi connectivity index (χ2v) is 11.8. The topological polar surface area (TPSA) is 118 Å². The standard InChI is InChI=1S/C33H42N6O4/c1-38(24-16-10-5-11-17-24)19-27-36-31(34-18-25(22-12-6-3-7-13-22)23-14-8-4-9-15-23)28-32(37-27)39(21-35-28)33-30(41)29(40)26(43-33)20-42-2/h3-4,6-9,12-15,21,24-26,29-30,33,40-41H,5,10-11,16-20H2,1-2H3,(H,34,36,37)/t26-,29-,30-,33-/m1/s1. The second kappa shape index (κ2) is 13.5. The Labute approximate surface area is 252 Å². The van der Waals surface area contributed by atoms with Gasteiger partial charge in [-0.05, 0) is 31.0 Å². The first-order chi connectivity index (χ1) is 21.0. The number of anilines is 1. The van der Waals surface area contributed by atoms with Crippen molar-refractivity contribution in [2.45, 2.75) is 75.1 Å². The highest BCUT2D eigenvalue weighted by Crippen LogP contribution is 2.34. The number of rotatable bonds is 11. The second-order valence-electron chi connectivity index (χ2n) is 11.8. The number of hydrogen-bond acceptors (Lipinski definition) is 9. The van der Waals surface area contributed by atoms with Crippen molar-refractivity contribution in [2.75, 3.05) is 32.6 Å². The molecule has 43 heavy (non-hydrogen) atoms. The first-order valence-electron chi connectivity index (χ1n) is 15.3. The number of benzene rings is 2. The number of nitrogens with one attached hydrogen (secondary N) is 1. The molecular formula is C33H42N6O4. The minimum Gasteiger partial charge on any atom is -0.387 e. The number of ether oxygens (including phenoxy) is 2. The van der Waals surface area contributed by atoms with E-state index in [1.807, 2.05) is 12.1 Å². The van der Waals surface area contributed by atoms with E-state index in [4.69, 9.17) is 19.4 Å². The maximum absolute atomic E-state index is 10.9. The zero-order valence-electron chi connectivity index (χ0n) is 24.9. The van der Waals surface area contributed by atoms with E-state index < -0.39 is 24.5 Å². The summed E-state index contributed by atoms with van der Waals surface area (Å²) in [6.07, 6.45) is 4.01. The molecule has 0 amide bonds. The lowest BCUT2D eigenvalue weighted by molar-refractivity contribution is -0.0580. The minimum atomic E-state index is -1.15. The fourth-order valence-corrected chi connectivity index (χ4v) is 6.47. The lowest BCUT2D eigenvalue weighted by atomic mass is 9.91. The van der Waals surface area contributed by atoms with Gasteiger partial charge in [-0.2, -0.15) is 0 Å². The van der Waals surface area contributed by atoms with Gasteiger partial charge in [0, 0.05) is 25.6 Å². The largest absolute Gasteiger partial charge is 0.387 e. The van der Waals surface area contributed by atoms with Crippen molar-refractivity contribution in [3.05, 3.63) is 83.9 Å². The van der Waals surface area contributed by atoms with Crippen LogP contribution in [0, 0.1) is 0 Å². The number of hydrogen-bond donors (Lipinski definition) is 3. The van der Waals surface area contributed by atoms with Crippen LogP contribution in [0.3, 0.4) is 0 Å². The van der Waals surface area contributed by atoms with Crippen molar-refractivity contribution in [2.24, 2.45) is 0 Å². The van der Waals surface area contributed by atoms with Crippen LogP contribution in [0.4, 0.5) is 5.82 Å². The molecule has 2 aromatic carbocycles. The fourth-order valence-electron chi connectivity index (χ4n) is 6.47. The third-order valence-corrected chi connectivity index (χ3v) is 8.88. The zero-order chi connectivity index (χ0) is 29.8. The molecule has 0 radical (unpaired) electrons. The predicted octanol–water partition coefficient (Wildman–Crippen LogP) is 4.10. The highest BCUT2D eigenvalue weighted by molar-refractivity contribution is 5.83. The number of aliphatic hydroxyl groups is 2. The zero-order valence-corrected chi connectivity index (χ0v) is 24.9. The number of methoxy groups -OCH3 is 1. The summed E-state index contributed by atoms with van der Waals surface area (Å²) in [6.45, 7) is 1.35. The Kier molecular flexibility index (Phi) is 9.30. The van der Waals surface area contributed by atoms with E-state index in [0.29, 0.717) is 41.9 Å². The van der Waals surface area contributed by atoms with Crippen LogP contribution < -0.4 is 5.32 Å². The van der Waals surface area contributed by atoms with Gasteiger partial charge in [-0.1, -0.05) is 79.9 Å². The summed E-state index contributed by atoms with van der Waals surface area (Å²) >= 11 is 0. The van der Waals surface area contributed by atoms with E-state index in [2.05, 4.69) is 70.8 Å². The maximum atomic E-state index is 10.9. The lowest BCUT2D eigenvalue weighted by Crippen LogP contribution is -2.34. The van der Waals surface area contributed by atoms with Crippen molar-refractivity contribution < 1.29 is 19.7 Å². The number of fused-ring (bicyclic) bond motifs is 1. The van der Waals surface area contributed by atoms with Gasteiger partial charge in [0.05, 0.1) is 19.5 Å². The Morgan fingerprint density at radius 1 is 0.977 bits per heavy atom. The lowest BCUT2D eigenvalue weighted by Gasteiger charge is -2.30. The molecule has 10 heteroatoms.